The summed E-state index contributed by atoms with van der Waals surface area (Å²) in [6.45, 7) is 3.34. The van der Waals surface area contributed by atoms with Crippen LogP contribution >= 0.6 is 27.3 Å². The Morgan fingerprint density at radius 2 is 2.32 bits per heavy atom. The Labute approximate surface area is 124 Å². The molecule has 100 valence electrons. The van der Waals surface area contributed by atoms with Crippen molar-refractivity contribution in [3.05, 3.63) is 44.8 Å². The molecule has 2 rings (SSSR count). The molecular weight excluding hydrogens is 326 g/mol. The monoisotopic (exact) mass is 339 g/mol. The molecule has 1 amide bonds. The second kappa shape index (κ2) is 6.68. The second-order valence-electron chi connectivity index (χ2n) is 3.87. The van der Waals surface area contributed by atoms with E-state index in [0.717, 1.165) is 21.6 Å². The molecule has 2 N–H and O–H groups in total. The Morgan fingerprint density at radius 1 is 1.47 bits per heavy atom. The van der Waals surface area contributed by atoms with Crippen LogP contribution in [0.2, 0.25) is 0 Å². The number of hydrogen-bond acceptors (Lipinski definition) is 4. The number of pyridine rings is 1. The van der Waals surface area contributed by atoms with E-state index >= 15 is 0 Å². The molecule has 0 unspecified atom stereocenters. The first-order valence-corrected chi connectivity index (χ1v) is 7.57. The molecule has 0 fully saturated rings. The standard InChI is InChI=1S/C13H14BrN3OS/c1-2-15-10-3-4-16-12(6-10)13(18)17-7-11-5-9(14)8-19-11/h3-6,8H,2,7H2,1H3,(H,15,16)(H,17,18). The van der Waals surface area contributed by atoms with Crippen LogP contribution in [-0.4, -0.2) is 17.4 Å². The van der Waals surface area contributed by atoms with E-state index in [4.69, 9.17) is 0 Å². The molecule has 6 heteroatoms. The molecular formula is C13H14BrN3OS. The molecule has 0 bridgehead atoms. The number of anilines is 1. The molecule has 0 aliphatic heterocycles. The molecule has 19 heavy (non-hydrogen) atoms. The lowest BCUT2D eigenvalue weighted by molar-refractivity contribution is 0.0946. The van der Waals surface area contributed by atoms with Gasteiger partial charge in [0.15, 0.2) is 0 Å². The first kappa shape index (κ1) is 14.0. The molecule has 4 nitrogen and oxygen atoms in total. The van der Waals surface area contributed by atoms with Gasteiger partial charge in [-0.2, -0.15) is 0 Å². The van der Waals surface area contributed by atoms with Crippen LogP contribution in [0.1, 0.15) is 22.3 Å². The van der Waals surface area contributed by atoms with E-state index in [0.29, 0.717) is 12.2 Å². The molecule has 0 atom stereocenters. The molecule has 2 aromatic heterocycles. The largest absolute Gasteiger partial charge is 0.385 e. The van der Waals surface area contributed by atoms with Crippen molar-refractivity contribution in [3.63, 3.8) is 0 Å². The van der Waals surface area contributed by atoms with Gasteiger partial charge < -0.3 is 10.6 Å². The van der Waals surface area contributed by atoms with Gasteiger partial charge in [0.1, 0.15) is 5.69 Å². The van der Waals surface area contributed by atoms with Crippen molar-refractivity contribution in [2.75, 3.05) is 11.9 Å². The van der Waals surface area contributed by atoms with Gasteiger partial charge in [0.05, 0.1) is 6.54 Å². The predicted octanol–water partition coefficient (Wildman–Crippen LogP) is 3.27. The summed E-state index contributed by atoms with van der Waals surface area (Å²) in [5, 5.41) is 8.01. The van der Waals surface area contributed by atoms with Gasteiger partial charge in [0.2, 0.25) is 0 Å². The van der Waals surface area contributed by atoms with E-state index in [1.165, 1.54) is 0 Å². The highest BCUT2D eigenvalue weighted by Crippen LogP contribution is 2.19. The summed E-state index contributed by atoms with van der Waals surface area (Å²) in [4.78, 5) is 17.2. The van der Waals surface area contributed by atoms with Crippen LogP contribution in [0.15, 0.2) is 34.2 Å². The van der Waals surface area contributed by atoms with E-state index in [1.807, 2.05) is 24.4 Å². The van der Waals surface area contributed by atoms with Gasteiger partial charge in [-0.15, -0.1) is 11.3 Å². The highest BCUT2D eigenvalue weighted by molar-refractivity contribution is 9.10. The fourth-order valence-electron chi connectivity index (χ4n) is 1.57. The maximum Gasteiger partial charge on any atom is 0.270 e. The average Bonchev–Trinajstić information content (AvgIpc) is 2.82. The first-order valence-electron chi connectivity index (χ1n) is 5.90. The summed E-state index contributed by atoms with van der Waals surface area (Å²) in [7, 11) is 0. The quantitative estimate of drug-likeness (QED) is 0.878. The van der Waals surface area contributed by atoms with Crippen molar-refractivity contribution < 1.29 is 4.79 Å². The Bertz CT molecular complexity index is 571. The van der Waals surface area contributed by atoms with Crippen LogP contribution in [-0.2, 0) is 6.54 Å². The third kappa shape index (κ3) is 4.04. The van der Waals surface area contributed by atoms with Crippen molar-refractivity contribution in [2.45, 2.75) is 13.5 Å². The highest BCUT2D eigenvalue weighted by Gasteiger charge is 2.08. The molecule has 0 saturated heterocycles. The SMILES string of the molecule is CCNc1ccnc(C(=O)NCc2cc(Br)cs2)c1. The zero-order valence-corrected chi connectivity index (χ0v) is 12.8. The van der Waals surface area contributed by atoms with Gasteiger partial charge >= 0.3 is 0 Å². The fourth-order valence-corrected chi connectivity index (χ4v) is 2.96. The van der Waals surface area contributed by atoms with Crippen LogP contribution in [0.3, 0.4) is 0 Å². The number of amides is 1. The van der Waals surface area contributed by atoms with Crippen molar-refractivity contribution in [3.8, 4) is 0 Å². The third-order valence-electron chi connectivity index (χ3n) is 2.42. The van der Waals surface area contributed by atoms with E-state index in [-0.39, 0.29) is 5.91 Å². The van der Waals surface area contributed by atoms with Crippen molar-refractivity contribution in [2.24, 2.45) is 0 Å². The van der Waals surface area contributed by atoms with Gasteiger partial charge in [0, 0.05) is 33.2 Å². The summed E-state index contributed by atoms with van der Waals surface area (Å²) in [5.41, 5.74) is 1.33. The molecule has 0 aromatic carbocycles. The van der Waals surface area contributed by atoms with Gasteiger partial charge in [-0.1, -0.05) is 0 Å². The molecule has 0 aliphatic carbocycles. The second-order valence-corrected chi connectivity index (χ2v) is 5.79. The van der Waals surface area contributed by atoms with E-state index in [1.54, 1.807) is 23.6 Å². The minimum Gasteiger partial charge on any atom is -0.385 e. The maximum absolute atomic E-state index is 12.0. The van der Waals surface area contributed by atoms with E-state index in [2.05, 4.69) is 31.5 Å². The molecule has 0 spiro atoms. The average molecular weight is 340 g/mol. The lowest BCUT2D eigenvalue weighted by Crippen LogP contribution is -2.23. The fraction of sp³-hybridized carbons (Fsp3) is 0.231. The molecule has 0 radical (unpaired) electrons. The summed E-state index contributed by atoms with van der Waals surface area (Å²) < 4.78 is 1.04. The number of thiophene rings is 1. The van der Waals surface area contributed by atoms with E-state index < -0.39 is 0 Å². The predicted molar refractivity (Wildman–Crippen MR) is 81.6 cm³/mol. The Hall–Kier alpha value is -1.40. The third-order valence-corrected chi connectivity index (χ3v) is 4.12. The van der Waals surface area contributed by atoms with Gasteiger partial charge in [-0.05, 0) is 41.1 Å². The molecule has 2 heterocycles. The molecule has 2 aromatic rings. The number of nitrogens with one attached hydrogen (secondary N) is 2. The lowest BCUT2D eigenvalue weighted by Gasteiger charge is -2.06. The van der Waals surface area contributed by atoms with Crippen LogP contribution in [0, 0.1) is 0 Å². The topological polar surface area (TPSA) is 54.0 Å². The summed E-state index contributed by atoms with van der Waals surface area (Å²) >= 11 is 4.99. The lowest BCUT2D eigenvalue weighted by atomic mass is 10.3. The highest BCUT2D eigenvalue weighted by atomic mass is 79.9. The van der Waals surface area contributed by atoms with Gasteiger partial charge in [0.25, 0.3) is 5.91 Å². The van der Waals surface area contributed by atoms with E-state index in [9.17, 15) is 4.79 Å². The zero-order valence-electron chi connectivity index (χ0n) is 10.4. The number of carbonyl (C=O) groups excluding carboxylic acids is 1. The normalized spacial score (nSPS) is 10.2. The summed E-state index contributed by atoms with van der Waals surface area (Å²) in [6.07, 6.45) is 1.63. The summed E-state index contributed by atoms with van der Waals surface area (Å²) in [5.74, 6) is -0.163. The zero-order chi connectivity index (χ0) is 13.7. The van der Waals surface area contributed by atoms with Crippen LogP contribution in [0.4, 0.5) is 5.69 Å². The van der Waals surface area contributed by atoms with Gasteiger partial charge in [-0.3, -0.25) is 9.78 Å². The molecule has 0 saturated carbocycles. The number of aromatic nitrogens is 1. The number of hydrogen-bond donors (Lipinski definition) is 2. The minimum absolute atomic E-state index is 0.163. The first-order chi connectivity index (χ1) is 9.19. The van der Waals surface area contributed by atoms with Crippen LogP contribution in [0.5, 0.6) is 0 Å². The summed E-state index contributed by atoms with van der Waals surface area (Å²) in [6, 6.07) is 5.59. The van der Waals surface area contributed by atoms with Crippen molar-refractivity contribution in [1.82, 2.24) is 10.3 Å². The Balaban J connectivity index is 1.97. The maximum atomic E-state index is 12.0. The minimum atomic E-state index is -0.163. The van der Waals surface area contributed by atoms with Crippen molar-refractivity contribution >= 4 is 38.9 Å². The smallest absolute Gasteiger partial charge is 0.270 e. The molecule has 0 aliphatic rings. The number of halogens is 1. The van der Waals surface area contributed by atoms with Gasteiger partial charge in [-0.25, -0.2) is 0 Å². The van der Waals surface area contributed by atoms with Crippen molar-refractivity contribution in [1.29, 1.82) is 0 Å². The number of nitrogens with zero attached hydrogens (tertiary/aromatic N) is 1. The number of rotatable bonds is 5. The number of carbonyl (C=O) groups is 1. The van der Waals surface area contributed by atoms with Crippen LogP contribution < -0.4 is 10.6 Å². The Morgan fingerprint density at radius 3 is 3.00 bits per heavy atom. The Kier molecular flexibility index (Phi) is 4.93. The van der Waals surface area contributed by atoms with Crippen LogP contribution in [0.25, 0.3) is 0 Å².